The van der Waals surface area contributed by atoms with E-state index in [-0.39, 0.29) is 6.04 Å². The van der Waals surface area contributed by atoms with Crippen LogP contribution in [0.2, 0.25) is 0 Å². The van der Waals surface area contributed by atoms with Crippen LogP contribution in [0.4, 0.5) is 5.82 Å². The molecule has 0 bridgehead atoms. The number of fused-ring (bicyclic) bond motifs is 1. The number of hydrogen-bond donors (Lipinski definition) is 0. The molecule has 4 heteroatoms. The second-order valence-corrected chi connectivity index (χ2v) is 8.31. The molecule has 4 nitrogen and oxygen atoms in total. The van der Waals surface area contributed by atoms with Crippen LogP contribution < -0.4 is 4.90 Å². The maximum absolute atomic E-state index is 12.8. The van der Waals surface area contributed by atoms with Gasteiger partial charge >= 0.3 is 0 Å². The van der Waals surface area contributed by atoms with Crippen LogP contribution in [0.5, 0.6) is 0 Å². The van der Waals surface area contributed by atoms with Crippen LogP contribution in [0.15, 0.2) is 30.3 Å². The van der Waals surface area contributed by atoms with Gasteiger partial charge in [0.15, 0.2) is 0 Å². The lowest BCUT2D eigenvalue weighted by atomic mass is 10.0. The first-order valence-corrected chi connectivity index (χ1v) is 9.93. The van der Waals surface area contributed by atoms with Gasteiger partial charge in [0.05, 0.1) is 11.6 Å². The van der Waals surface area contributed by atoms with Crippen molar-refractivity contribution in [1.82, 2.24) is 9.88 Å². The summed E-state index contributed by atoms with van der Waals surface area (Å²) in [5.41, 5.74) is 2.28. The first-order chi connectivity index (χ1) is 12.5. The van der Waals surface area contributed by atoms with E-state index >= 15 is 0 Å². The van der Waals surface area contributed by atoms with Crippen molar-refractivity contribution in [1.29, 1.82) is 0 Å². The molecule has 1 unspecified atom stereocenters. The monoisotopic (exact) mass is 351 g/mol. The zero-order chi connectivity index (χ0) is 18.3. The second kappa shape index (κ2) is 6.90. The number of anilines is 1. The third kappa shape index (κ3) is 3.42. The lowest BCUT2D eigenvalue weighted by Gasteiger charge is -2.35. The Kier molecular flexibility index (Phi) is 4.60. The Hall–Kier alpha value is -2.10. The van der Waals surface area contributed by atoms with Gasteiger partial charge < -0.3 is 9.80 Å². The van der Waals surface area contributed by atoms with E-state index in [1.54, 1.807) is 0 Å². The molecule has 4 rings (SSSR count). The van der Waals surface area contributed by atoms with E-state index in [4.69, 9.17) is 4.98 Å². The number of benzene rings is 1. The molecule has 138 valence electrons. The Labute approximate surface area is 156 Å². The van der Waals surface area contributed by atoms with Crippen LogP contribution >= 0.6 is 0 Å². The highest BCUT2D eigenvalue weighted by atomic mass is 16.2. The number of carbonyl (C=O) groups is 1. The van der Waals surface area contributed by atoms with Gasteiger partial charge in [-0.25, -0.2) is 4.98 Å². The molecule has 1 aromatic heterocycles. The smallest absolute Gasteiger partial charge is 0.224 e. The minimum atomic E-state index is 0.263. The Morgan fingerprint density at radius 3 is 2.73 bits per heavy atom. The molecule has 1 saturated carbocycles. The zero-order valence-corrected chi connectivity index (χ0v) is 16.1. The molecule has 0 radical (unpaired) electrons. The summed E-state index contributed by atoms with van der Waals surface area (Å²) < 4.78 is 0. The minimum absolute atomic E-state index is 0.263. The number of para-hydroxylation sites is 1. The summed E-state index contributed by atoms with van der Waals surface area (Å²) in [6.45, 7) is 9.20. The minimum Gasteiger partial charge on any atom is -0.354 e. The zero-order valence-electron chi connectivity index (χ0n) is 16.1. The molecule has 0 N–H and O–H groups in total. The highest BCUT2D eigenvalue weighted by molar-refractivity contribution is 5.84. The van der Waals surface area contributed by atoms with Crippen molar-refractivity contribution >= 4 is 22.6 Å². The number of pyridine rings is 1. The van der Waals surface area contributed by atoms with Crippen LogP contribution in [-0.4, -0.2) is 41.5 Å². The van der Waals surface area contributed by atoms with E-state index in [0.29, 0.717) is 18.2 Å². The Balaban J connectivity index is 1.65. The average Bonchev–Trinajstić information content (AvgIpc) is 3.45. The Morgan fingerprint density at radius 1 is 1.23 bits per heavy atom. The number of aryl methyl sites for hydroxylation is 1. The summed E-state index contributed by atoms with van der Waals surface area (Å²) in [5.74, 6) is 2.50. The fourth-order valence-electron chi connectivity index (χ4n) is 4.06. The Morgan fingerprint density at radius 2 is 2.00 bits per heavy atom. The quantitative estimate of drug-likeness (QED) is 0.835. The first-order valence-electron chi connectivity index (χ1n) is 9.93. The molecule has 1 aliphatic heterocycles. The highest BCUT2D eigenvalue weighted by Gasteiger charge is 2.35. The van der Waals surface area contributed by atoms with E-state index in [1.807, 2.05) is 6.07 Å². The fraction of sp³-hybridized carbons (Fsp3) is 0.545. The SMILES string of the molecule is Cc1cc(N2CCC(=O)N(CC3CC3)C(C(C)C)C2)nc2ccccc12. The van der Waals surface area contributed by atoms with Gasteiger partial charge in [0, 0.05) is 31.4 Å². The molecule has 2 aromatic rings. The van der Waals surface area contributed by atoms with Crippen molar-refractivity contribution in [2.75, 3.05) is 24.5 Å². The molecule has 1 aromatic carbocycles. The first kappa shape index (κ1) is 17.3. The number of rotatable bonds is 4. The van der Waals surface area contributed by atoms with Crippen LogP contribution in [0.3, 0.4) is 0 Å². The van der Waals surface area contributed by atoms with E-state index in [0.717, 1.165) is 36.9 Å². The summed E-state index contributed by atoms with van der Waals surface area (Å²) in [6, 6.07) is 10.8. The number of hydrogen-bond acceptors (Lipinski definition) is 3. The molecular weight excluding hydrogens is 322 g/mol. The molecular formula is C22H29N3O. The number of aromatic nitrogens is 1. The van der Waals surface area contributed by atoms with E-state index in [2.05, 4.69) is 54.8 Å². The van der Waals surface area contributed by atoms with Gasteiger partial charge in [0.1, 0.15) is 5.82 Å². The van der Waals surface area contributed by atoms with Crippen molar-refractivity contribution in [2.45, 2.75) is 46.1 Å². The Bertz CT molecular complexity index is 812. The maximum atomic E-state index is 12.8. The van der Waals surface area contributed by atoms with Gasteiger partial charge in [-0.2, -0.15) is 0 Å². The van der Waals surface area contributed by atoms with Crippen molar-refractivity contribution < 1.29 is 4.79 Å². The molecule has 2 aliphatic rings. The van der Waals surface area contributed by atoms with Crippen molar-refractivity contribution in [3.05, 3.63) is 35.9 Å². The third-order valence-electron chi connectivity index (χ3n) is 5.88. The molecule has 26 heavy (non-hydrogen) atoms. The van der Waals surface area contributed by atoms with E-state index in [1.165, 1.54) is 23.8 Å². The van der Waals surface area contributed by atoms with Gasteiger partial charge in [-0.15, -0.1) is 0 Å². The number of nitrogens with zero attached hydrogens (tertiary/aromatic N) is 3. The molecule has 1 atom stereocenters. The van der Waals surface area contributed by atoms with Gasteiger partial charge in [-0.3, -0.25) is 4.79 Å². The van der Waals surface area contributed by atoms with Crippen molar-refractivity contribution in [2.24, 2.45) is 11.8 Å². The molecule has 1 saturated heterocycles. The standard InChI is InChI=1S/C22H29N3O/c1-15(2)20-14-24(11-10-22(26)25(20)13-17-8-9-17)21-12-16(3)18-6-4-5-7-19(18)23-21/h4-7,12,15,17,20H,8-11,13-14H2,1-3H3. The van der Waals surface area contributed by atoms with Crippen LogP contribution in [0.1, 0.15) is 38.7 Å². The predicted octanol–water partition coefficient (Wildman–Crippen LogP) is 4.02. The van der Waals surface area contributed by atoms with Crippen LogP contribution in [-0.2, 0) is 4.79 Å². The summed E-state index contributed by atoms with van der Waals surface area (Å²) in [4.78, 5) is 22.2. The van der Waals surface area contributed by atoms with Crippen molar-refractivity contribution in [3.8, 4) is 0 Å². The lowest BCUT2D eigenvalue weighted by molar-refractivity contribution is -0.133. The summed E-state index contributed by atoms with van der Waals surface area (Å²) in [5, 5.41) is 1.21. The summed E-state index contributed by atoms with van der Waals surface area (Å²) in [6.07, 6.45) is 3.15. The van der Waals surface area contributed by atoms with Gasteiger partial charge in [-0.05, 0) is 49.3 Å². The highest BCUT2D eigenvalue weighted by Crippen LogP contribution is 2.33. The maximum Gasteiger partial charge on any atom is 0.224 e. The van der Waals surface area contributed by atoms with E-state index in [9.17, 15) is 4.79 Å². The van der Waals surface area contributed by atoms with Crippen molar-refractivity contribution in [3.63, 3.8) is 0 Å². The molecule has 2 fully saturated rings. The normalized spacial score (nSPS) is 21.5. The largest absolute Gasteiger partial charge is 0.354 e. The van der Waals surface area contributed by atoms with Gasteiger partial charge in [0.2, 0.25) is 5.91 Å². The molecule has 0 spiro atoms. The average molecular weight is 351 g/mol. The number of amides is 1. The lowest BCUT2D eigenvalue weighted by Crippen LogP contribution is -2.47. The number of carbonyl (C=O) groups excluding carboxylic acids is 1. The summed E-state index contributed by atoms with van der Waals surface area (Å²) in [7, 11) is 0. The molecule has 1 aliphatic carbocycles. The fourth-order valence-corrected chi connectivity index (χ4v) is 4.06. The van der Waals surface area contributed by atoms with E-state index < -0.39 is 0 Å². The van der Waals surface area contributed by atoms with Gasteiger partial charge in [-0.1, -0.05) is 32.0 Å². The molecule has 2 heterocycles. The second-order valence-electron chi connectivity index (χ2n) is 8.31. The third-order valence-corrected chi connectivity index (χ3v) is 5.88. The van der Waals surface area contributed by atoms with Gasteiger partial charge in [0.25, 0.3) is 0 Å². The van der Waals surface area contributed by atoms with Crippen LogP contribution in [0, 0.1) is 18.8 Å². The van der Waals surface area contributed by atoms with Crippen LogP contribution in [0.25, 0.3) is 10.9 Å². The topological polar surface area (TPSA) is 36.4 Å². The molecule has 1 amide bonds. The summed E-state index contributed by atoms with van der Waals surface area (Å²) >= 11 is 0. The predicted molar refractivity (Wildman–Crippen MR) is 106 cm³/mol.